The first-order valence-electron chi connectivity index (χ1n) is 10.1. The first kappa shape index (κ1) is 19.7. The van der Waals surface area contributed by atoms with E-state index in [2.05, 4.69) is 25.5 Å². The molecule has 0 unspecified atom stereocenters. The van der Waals surface area contributed by atoms with E-state index < -0.39 is 0 Å². The highest BCUT2D eigenvalue weighted by Crippen LogP contribution is 2.30. The quantitative estimate of drug-likeness (QED) is 0.640. The van der Waals surface area contributed by atoms with E-state index in [4.69, 9.17) is 4.74 Å². The summed E-state index contributed by atoms with van der Waals surface area (Å²) in [6.45, 7) is 1.99. The third-order valence-corrected chi connectivity index (χ3v) is 5.08. The molecule has 2 N–H and O–H groups in total. The third kappa shape index (κ3) is 4.68. The zero-order valence-corrected chi connectivity index (χ0v) is 17.0. The van der Waals surface area contributed by atoms with Gasteiger partial charge < -0.3 is 20.3 Å². The van der Waals surface area contributed by atoms with Gasteiger partial charge in [-0.2, -0.15) is 0 Å². The van der Waals surface area contributed by atoms with E-state index in [-0.39, 0.29) is 6.03 Å². The first-order chi connectivity index (χ1) is 14.7. The number of ether oxygens (including phenoxy) is 1. The second kappa shape index (κ2) is 9.26. The lowest BCUT2D eigenvalue weighted by Crippen LogP contribution is -2.30. The number of carbonyl (C=O) groups excluding carboxylic acids is 1. The van der Waals surface area contributed by atoms with Crippen LogP contribution >= 0.6 is 0 Å². The lowest BCUT2D eigenvalue weighted by atomic mass is 10.1. The van der Waals surface area contributed by atoms with Gasteiger partial charge in [0.25, 0.3) is 0 Å². The van der Waals surface area contributed by atoms with Gasteiger partial charge in [-0.1, -0.05) is 12.1 Å². The highest BCUT2D eigenvalue weighted by atomic mass is 16.5. The van der Waals surface area contributed by atoms with E-state index in [0.717, 1.165) is 35.9 Å². The number of anilines is 3. The van der Waals surface area contributed by atoms with Gasteiger partial charge in [-0.25, -0.2) is 9.78 Å². The molecule has 7 heteroatoms. The molecule has 4 rings (SSSR count). The molecule has 154 valence electrons. The largest absolute Gasteiger partial charge is 0.497 e. The molecule has 2 amide bonds. The molecular formula is C23H25N5O2. The Morgan fingerprint density at radius 1 is 0.933 bits per heavy atom. The fourth-order valence-electron chi connectivity index (χ4n) is 3.58. The van der Waals surface area contributed by atoms with E-state index in [1.54, 1.807) is 43.8 Å². The molecule has 1 saturated heterocycles. The Balaban J connectivity index is 1.49. The average Bonchev–Trinajstić information content (AvgIpc) is 2.80. The minimum Gasteiger partial charge on any atom is -0.497 e. The predicted octanol–water partition coefficient (Wildman–Crippen LogP) is 4.79. The van der Waals surface area contributed by atoms with Crippen molar-refractivity contribution in [1.29, 1.82) is 0 Å². The molecule has 30 heavy (non-hydrogen) atoms. The molecule has 0 atom stereocenters. The van der Waals surface area contributed by atoms with Gasteiger partial charge in [-0.3, -0.25) is 4.98 Å². The van der Waals surface area contributed by atoms with Crippen molar-refractivity contribution in [3.8, 4) is 17.0 Å². The number of methoxy groups -OCH3 is 1. The van der Waals surface area contributed by atoms with Crippen LogP contribution in [0.4, 0.5) is 22.0 Å². The number of amides is 2. The van der Waals surface area contributed by atoms with Crippen molar-refractivity contribution in [2.24, 2.45) is 0 Å². The zero-order chi connectivity index (χ0) is 20.8. The molecule has 1 aliphatic rings. The van der Waals surface area contributed by atoms with E-state index in [1.807, 2.05) is 24.3 Å². The standard InChI is InChI=1S/C23H25N5O2/c1-30-20-10-8-18(9-11-20)26-23(29)27-19-7-5-6-17(16-19)21-22(25-13-12-24-21)28-14-3-2-4-15-28/h5-13,16H,2-4,14-15H2,1H3,(H2,26,27,29). The Morgan fingerprint density at radius 3 is 2.43 bits per heavy atom. The number of hydrogen-bond donors (Lipinski definition) is 2. The van der Waals surface area contributed by atoms with Crippen LogP contribution in [0.3, 0.4) is 0 Å². The molecule has 3 aromatic rings. The summed E-state index contributed by atoms with van der Waals surface area (Å²) in [6, 6.07) is 14.5. The van der Waals surface area contributed by atoms with Crippen LogP contribution in [0.5, 0.6) is 5.75 Å². The summed E-state index contributed by atoms with van der Waals surface area (Å²) in [6.07, 6.45) is 7.04. The Morgan fingerprint density at radius 2 is 1.67 bits per heavy atom. The fourth-order valence-corrected chi connectivity index (χ4v) is 3.58. The van der Waals surface area contributed by atoms with Crippen molar-refractivity contribution in [2.75, 3.05) is 35.7 Å². The van der Waals surface area contributed by atoms with Gasteiger partial charge in [0, 0.05) is 42.4 Å². The molecule has 2 aromatic carbocycles. The van der Waals surface area contributed by atoms with Crippen molar-refractivity contribution in [3.05, 3.63) is 60.9 Å². The molecule has 1 aliphatic heterocycles. The number of rotatable bonds is 5. The Kier molecular flexibility index (Phi) is 6.08. The topological polar surface area (TPSA) is 79.4 Å². The van der Waals surface area contributed by atoms with Crippen LogP contribution < -0.4 is 20.3 Å². The van der Waals surface area contributed by atoms with Crippen LogP contribution in [0.2, 0.25) is 0 Å². The van der Waals surface area contributed by atoms with Gasteiger partial charge >= 0.3 is 6.03 Å². The van der Waals surface area contributed by atoms with E-state index >= 15 is 0 Å². The number of aromatic nitrogens is 2. The molecule has 0 bridgehead atoms. The Labute approximate surface area is 176 Å². The van der Waals surface area contributed by atoms with Gasteiger partial charge in [0.05, 0.1) is 7.11 Å². The predicted molar refractivity (Wildman–Crippen MR) is 119 cm³/mol. The molecule has 0 spiro atoms. The minimum atomic E-state index is -0.312. The van der Waals surface area contributed by atoms with E-state index in [9.17, 15) is 4.79 Å². The molecule has 7 nitrogen and oxygen atoms in total. The van der Waals surface area contributed by atoms with Gasteiger partial charge in [0.2, 0.25) is 0 Å². The molecular weight excluding hydrogens is 378 g/mol. The van der Waals surface area contributed by atoms with Crippen molar-refractivity contribution in [3.63, 3.8) is 0 Å². The summed E-state index contributed by atoms with van der Waals surface area (Å²) < 4.78 is 5.14. The molecule has 1 fully saturated rings. The van der Waals surface area contributed by atoms with Crippen molar-refractivity contribution >= 4 is 23.2 Å². The van der Waals surface area contributed by atoms with Crippen molar-refractivity contribution in [2.45, 2.75) is 19.3 Å². The van der Waals surface area contributed by atoms with Crippen LogP contribution in [0.25, 0.3) is 11.3 Å². The minimum absolute atomic E-state index is 0.312. The number of nitrogens with one attached hydrogen (secondary N) is 2. The molecule has 0 saturated carbocycles. The highest BCUT2D eigenvalue weighted by molar-refractivity contribution is 6.00. The maximum atomic E-state index is 12.4. The fraction of sp³-hybridized carbons (Fsp3) is 0.261. The van der Waals surface area contributed by atoms with Crippen molar-refractivity contribution < 1.29 is 9.53 Å². The maximum Gasteiger partial charge on any atom is 0.323 e. The Bertz CT molecular complexity index is 1000. The summed E-state index contributed by atoms with van der Waals surface area (Å²) in [4.78, 5) is 23.9. The van der Waals surface area contributed by atoms with E-state index in [1.165, 1.54) is 19.3 Å². The van der Waals surface area contributed by atoms with Crippen LogP contribution in [0, 0.1) is 0 Å². The number of piperidine rings is 1. The average molecular weight is 403 g/mol. The van der Waals surface area contributed by atoms with Gasteiger partial charge in [0.1, 0.15) is 11.4 Å². The number of hydrogen-bond acceptors (Lipinski definition) is 5. The smallest absolute Gasteiger partial charge is 0.323 e. The summed E-state index contributed by atoms with van der Waals surface area (Å²) in [5, 5.41) is 5.71. The molecule has 2 heterocycles. The summed E-state index contributed by atoms with van der Waals surface area (Å²) in [5.74, 6) is 1.64. The van der Waals surface area contributed by atoms with Gasteiger partial charge in [-0.05, 0) is 55.7 Å². The van der Waals surface area contributed by atoms with Crippen LogP contribution in [-0.2, 0) is 0 Å². The Hall–Kier alpha value is -3.61. The van der Waals surface area contributed by atoms with Crippen LogP contribution in [0.15, 0.2) is 60.9 Å². The van der Waals surface area contributed by atoms with Gasteiger partial charge in [0.15, 0.2) is 5.82 Å². The highest BCUT2D eigenvalue weighted by Gasteiger charge is 2.18. The monoisotopic (exact) mass is 403 g/mol. The number of carbonyl (C=O) groups is 1. The second-order valence-corrected chi connectivity index (χ2v) is 7.16. The lowest BCUT2D eigenvalue weighted by Gasteiger charge is -2.28. The number of benzene rings is 2. The van der Waals surface area contributed by atoms with Crippen molar-refractivity contribution in [1.82, 2.24) is 9.97 Å². The van der Waals surface area contributed by atoms with Gasteiger partial charge in [-0.15, -0.1) is 0 Å². The molecule has 1 aromatic heterocycles. The summed E-state index contributed by atoms with van der Waals surface area (Å²) in [5.41, 5.74) is 3.13. The van der Waals surface area contributed by atoms with Crippen LogP contribution in [0.1, 0.15) is 19.3 Å². The third-order valence-electron chi connectivity index (χ3n) is 5.08. The first-order valence-corrected chi connectivity index (χ1v) is 10.1. The lowest BCUT2D eigenvalue weighted by molar-refractivity contribution is 0.262. The number of nitrogens with zero attached hydrogens (tertiary/aromatic N) is 3. The summed E-state index contributed by atoms with van der Waals surface area (Å²) in [7, 11) is 1.61. The van der Waals surface area contributed by atoms with Crippen LogP contribution in [-0.4, -0.2) is 36.2 Å². The second-order valence-electron chi connectivity index (χ2n) is 7.16. The SMILES string of the molecule is COc1ccc(NC(=O)Nc2cccc(-c3nccnc3N3CCCCC3)c2)cc1. The maximum absolute atomic E-state index is 12.4. The zero-order valence-electron chi connectivity index (χ0n) is 17.0. The normalized spacial score (nSPS) is 13.6. The number of urea groups is 1. The summed E-state index contributed by atoms with van der Waals surface area (Å²) >= 11 is 0. The molecule has 0 radical (unpaired) electrons. The van der Waals surface area contributed by atoms with E-state index in [0.29, 0.717) is 11.4 Å². The molecule has 0 aliphatic carbocycles.